The molecule has 0 saturated heterocycles. The highest BCUT2D eigenvalue weighted by Crippen LogP contribution is 2.30. The average Bonchev–Trinajstić information content (AvgIpc) is 3.42. The van der Waals surface area contributed by atoms with Crippen LogP contribution in [0.4, 0.5) is 0 Å². The minimum absolute atomic E-state index is 0.00804. The van der Waals surface area contributed by atoms with Crippen molar-refractivity contribution >= 4 is 56.2 Å². The Morgan fingerprint density at radius 3 is 2.67 bits per heavy atom. The number of amides is 1. The van der Waals surface area contributed by atoms with E-state index in [1.807, 2.05) is 51.2 Å². The van der Waals surface area contributed by atoms with Crippen LogP contribution in [-0.2, 0) is 16.1 Å². The third-order valence-electron chi connectivity index (χ3n) is 5.51. The number of rotatable bonds is 8. The average molecular weight is 483 g/mol. The molecule has 0 aliphatic rings. The summed E-state index contributed by atoms with van der Waals surface area (Å²) in [6.07, 6.45) is 0. The molecule has 2 aromatic carbocycles. The maximum atomic E-state index is 13.0. The van der Waals surface area contributed by atoms with Crippen LogP contribution in [0, 0.1) is 0 Å². The van der Waals surface area contributed by atoms with Gasteiger partial charge < -0.3 is 14.2 Å². The molecule has 0 saturated carbocycles. The number of benzene rings is 2. The number of esters is 1. The lowest BCUT2D eigenvalue weighted by Gasteiger charge is -2.23. The monoisotopic (exact) mass is 482 g/mol. The fourth-order valence-corrected chi connectivity index (χ4v) is 5.61. The molecule has 0 aliphatic carbocycles. The number of fused-ring (bicyclic) bond motifs is 2. The van der Waals surface area contributed by atoms with Gasteiger partial charge in [-0.15, -0.1) is 11.3 Å². The van der Waals surface area contributed by atoms with Gasteiger partial charge in [0.05, 0.1) is 45.2 Å². The summed E-state index contributed by atoms with van der Waals surface area (Å²) in [5.74, 6) is -0.0891. The highest BCUT2D eigenvalue weighted by atomic mass is 32.2. The Balaban J connectivity index is 1.48. The summed E-state index contributed by atoms with van der Waals surface area (Å²) in [5, 5.41) is 1.67. The van der Waals surface area contributed by atoms with Crippen LogP contribution in [0.1, 0.15) is 42.2 Å². The van der Waals surface area contributed by atoms with Crippen molar-refractivity contribution in [3.8, 4) is 0 Å². The first-order valence-corrected chi connectivity index (χ1v) is 12.6. The van der Waals surface area contributed by atoms with E-state index in [1.165, 1.54) is 11.8 Å². The number of carbonyl (C=O) groups is 2. The maximum absolute atomic E-state index is 13.0. The van der Waals surface area contributed by atoms with E-state index in [2.05, 4.69) is 14.5 Å². The molecule has 4 rings (SSSR count). The van der Waals surface area contributed by atoms with E-state index in [4.69, 9.17) is 4.74 Å². The van der Waals surface area contributed by atoms with Crippen LogP contribution in [0.5, 0.6) is 0 Å². The van der Waals surface area contributed by atoms with Crippen molar-refractivity contribution in [2.24, 2.45) is 0 Å². The molecular formula is C24H26N4O3S2. The van der Waals surface area contributed by atoms with Crippen LogP contribution in [0.3, 0.4) is 0 Å². The van der Waals surface area contributed by atoms with Crippen LogP contribution < -0.4 is 0 Å². The second-order valence-corrected chi connectivity index (χ2v) is 9.56. The molecule has 0 bridgehead atoms. The van der Waals surface area contributed by atoms with Gasteiger partial charge in [-0.1, -0.05) is 23.9 Å². The Kier molecular flexibility index (Phi) is 6.99. The minimum atomic E-state index is -0.361. The lowest BCUT2D eigenvalue weighted by molar-refractivity contribution is -0.128. The number of thioether (sulfide) groups is 1. The van der Waals surface area contributed by atoms with Crippen molar-refractivity contribution in [2.45, 2.75) is 38.5 Å². The minimum Gasteiger partial charge on any atom is -0.462 e. The van der Waals surface area contributed by atoms with E-state index in [1.54, 1.807) is 35.3 Å². The third-order valence-corrected chi connectivity index (χ3v) is 7.68. The van der Waals surface area contributed by atoms with E-state index in [-0.39, 0.29) is 23.7 Å². The van der Waals surface area contributed by atoms with Gasteiger partial charge in [0, 0.05) is 13.6 Å². The molecule has 0 aliphatic heterocycles. The van der Waals surface area contributed by atoms with E-state index in [0.717, 1.165) is 25.9 Å². The van der Waals surface area contributed by atoms with Gasteiger partial charge in [-0.2, -0.15) is 0 Å². The van der Waals surface area contributed by atoms with Crippen molar-refractivity contribution < 1.29 is 14.3 Å². The Hall–Kier alpha value is -2.91. The number of imidazole rings is 1. The van der Waals surface area contributed by atoms with Crippen molar-refractivity contribution in [1.29, 1.82) is 0 Å². The predicted molar refractivity (Wildman–Crippen MR) is 133 cm³/mol. The van der Waals surface area contributed by atoms with Crippen molar-refractivity contribution in [3.63, 3.8) is 0 Å². The zero-order valence-corrected chi connectivity index (χ0v) is 20.7. The van der Waals surface area contributed by atoms with Gasteiger partial charge in [0.15, 0.2) is 5.16 Å². The van der Waals surface area contributed by atoms with Gasteiger partial charge in [-0.3, -0.25) is 4.79 Å². The molecule has 0 spiro atoms. The van der Waals surface area contributed by atoms with Gasteiger partial charge in [0.2, 0.25) is 5.91 Å². The van der Waals surface area contributed by atoms with Crippen molar-refractivity contribution in [3.05, 3.63) is 53.0 Å². The summed E-state index contributed by atoms with van der Waals surface area (Å²) in [6.45, 7) is 6.85. The first-order chi connectivity index (χ1) is 15.9. The zero-order valence-electron chi connectivity index (χ0n) is 19.1. The quantitative estimate of drug-likeness (QED) is 0.255. The summed E-state index contributed by atoms with van der Waals surface area (Å²) < 4.78 is 8.26. The molecule has 0 radical (unpaired) electrons. The van der Waals surface area contributed by atoms with Crippen molar-refractivity contribution in [1.82, 2.24) is 19.4 Å². The normalized spacial score (nSPS) is 12.2. The molecule has 1 amide bonds. The number of para-hydroxylation sites is 1. The lowest BCUT2D eigenvalue weighted by Crippen LogP contribution is -2.31. The molecule has 2 heterocycles. The molecule has 2 aromatic heterocycles. The van der Waals surface area contributed by atoms with Crippen molar-refractivity contribution in [2.75, 3.05) is 19.4 Å². The Bertz CT molecular complexity index is 1280. The standard InChI is InChI=1S/C24H26N4O3S2/c1-5-28-19-12-11-16(23(30)31-6-2)13-18(19)26-24(28)32-14-21(29)27(4)15(3)22-25-17-9-7-8-10-20(17)33-22/h7-13,15H,5-6,14H2,1-4H3/t15-/m0/s1. The number of hydrogen-bond acceptors (Lipinski definition) is 7. The molecule has 0 N–H and O–H groups in total. The molecule has 7 nitrogen and oxygen atoms in total. The topological polar surface area (TPSA) is 77.3 Å². The SMILES string of the molecule is CCOC(=O)c1ccc2c(c1)nc(SCC(=O)N(C)[C@@H](C)c1nc3ccccc3s1)n2CC. The number of ether oxygens (including phenoxy) is 1. The summed E-state index contributed by atoms with van der Waals surface area (Å²) in [4.78, 5) is 36.1. The highest BCUT2D eigenvalue weighted by molar-refractivity contribution is 7.99. The second kappa shape index (κ2) is 9.93. The zero-order chi connectivity index (χ0) is 23.5. The molecular weight excluding hydrogens is 456 g/mol. The Morgan fingerprint density at radius 2 is 1.94 bits per heavy atom. The molecule has 172 valence electrons. The highest BCUT2D eigenvalue weighted by Gasteiger charge is 2.22. The molecule has 9 heteroatoms. The van der Waals surface area contributed by atoms with Gasteiger partial charge in [0.25, 0.3) is 0 Å². The van der Waals surface area contributed by atoms with E-state index >= 15 is 0 Å². The predicted octanol–water partition coefficient (Wildman–Crippen LogP) is 5.15. The fraction of sp³-hybridized carbons (Fsp3) is 0.333. The number of nitrogens with zero attached hydrogens (tertiary/aromatic N) is 4. The van der Waals surface area contributed by atoms with Gasteiger partial charge >= 0.3 is 5.97 Å². The second-order valence-electron chi connectivity index (χ2n) is 7.55. The molecule has 4 aromatic rings. The largest absolute Gasteiger partial charge is 0.462 e. The van der Waals surface area contributed by atoms with Crippen LogP contribution in [-0.4, -0.2) is 50.7 Å². The van der Waals surface area contributed by atoms with Crippen LogP contribution >= 0.6 is 23.1 Å². The maximum Gasteiger partial charge on any atom is 0.338 e. The first kappa shape index (κ1) is 23.3. The Labute approximate surface area is 200 Å². The lowest BCUT2D eigenvalue weighted by atomic mass is 10.2. The van der Waals surface area contributed by atoms with Crippen LogP contribution in [0.25, 0.3) is 21.3 Å². The van der Waals surface area contributed by atoms with E-state index in [9.17, 15) is 9.59 Å². The van der Waals surface area contributed by atoms with E-state index in [0.29, 0.717) is 24.2 Å². The van der Waals surface area contributed by atoms with Crippen LogP contribution in [0.15, 0.2) is 47.6 Å². The van der Waals surface area contributed by atoms with Gasteiger partial charge in [0.1, 0.15) is 5.01 Å². The number of thiazole rings is 1. The number of aryl methyl sites for hydroxylation is 1. The molecule has 1 atom stereocenters. The third kappa shape index (κ3) is 4.74. The summed E-state index contributed by atoms with van der Waals surface area (Å²) in [7, 11) is 1.81. The number of carbonyl (C=O) groups excluding carboxylic acids is 2. The summed E-state index contributed by atoms with van der Waals surface area (Å²) in [5.41, 5.74) is 3.07. The summed E-state index contributed by atoms with van der Waals surface area (Å²) in [6, 6.07) is 13.3. The van der Waals surface area contributed by atoms with Crippen LogP contribution in [0.2, 0.25) is 0 Å². The smallest absolute Gasteiger partial charge is 0.338 e. The van der Waals surface area contributed by atoms with Gasteiger partial charge in [-0.05, 0) is 51.1 Å². The van der Waals surface area contributed by atoms with E-state index < -0.39 is 0 Å². The number of hydrogen-bond donors (Lipinski definition) is 0. The molecule has 0 fully saturated rings. The number of aromatic nitrogens is 3. The Morgan fingerprint density at radius 1 is 1.15 bits per heavy atom. The van der Waals surface area contributed by atoms with Gasteiger partial charge in [-0.25, -0.2) is 14.8 Å². The fourth-order valence-electron chi connectivity index (χ4n) is 3.54. The first-order valence-electron chi connectivity index (χ1n) is 10.8. The summed E-state index contributed by atoms with van der Waals surface area (Å²) >= 11 is 3.02. The molecule has 33 heavy (non-hydrogen) atoms. The molecule has 0 unspecified atom stereocenters.